The van der Waals surface area contributed by atoms with Gasteiger partial charge in [0.25, 0.3) is 5.91 Å². The van der Waals surface area contributed by atoms with Crippen LogP contribution >= 0.6 is 0 Å². The summed E-state index contributed by atoms with van der Waals surface area (Å²) in [6.07, 6.45) is 5.48. The average Bonchev–Trinajstić information content (AvgIpc) is 2.84. The van der Waals surface area contributed by atoms with E-state index in [1.165, 1.54) is 5.56 Å². The molecule has 1 aliphatic rings. The Morgan fingerprint density at radius 3 is 2.95 bits per heavy atom. The summed E-state index contributed by atoms with van der Waals surface area (Å²) >= 11 is 0. The number of nitrogens with zero attached hydrogens (tertiary/aromatic N) is 3. The number of imidazole rings is 1. The summed E-state index contributed by atoms with van der Waals surface area (Å²) in [5.41, 5.74) is 2.02. The lowest BCUT2D eigenvalue weighted by Gasteiger charge is -2.28. The first-order valence-corrected chi connectivity index (χ1v) is 6.59. The van der Waals surface area contributed by atoms with E-state index in [0.717, 1.165) is 37.3 Å². The van der Waals surface area contributed by atoms with E-state index in [9.17, 15) is 4.79 Å². The van der Waals surface area contributed by atoms with E-state index in [4.69, 9.17) is 0 Å². The smallest absolute Gasteiger partial charge is 0.254 e. The molecule has 0 saturated heterocycles. The fraction of sp³-hybridized carbons (Fsp3) is 0.333. The van der Waals surface area contributed by atoms with E-state index in [-0.39, 0.29) is 5.91 Å². The number of amides is 1. The van der Waals surface area contributed by atoms with Crippen molar-refractivity contribution in [3.05, 3.63) is 53.6 Å². The molecule has 4 heteroatoms. The van der Waals surface area contributed by atoms with Crippen molar-refractivity contribution in [1.29, 1.82) is 0 Å². The summed E-state index contributed by atoms with van der Waals surface area (Å²) in [4.78, 5) is 18.6. The first-order chi connectivity index (χ1) is 9.25. The third kappa shape index (κ3) is 2.26. The summed E-state index contributed by atoms with van der Waals surface area (Å²) in [5.74, 6) is 1.17. The molecule has 4 nitrogen and oxygen atoms in total. The summed E-state index contributed by atoms with van der Waals surface area (Å²) < 4.78 is 2.00. The fourth-order valence-electron chi connectivity index (χ4n) is 2.56. The summed E-state index contributed by atoms with van der Waals surface area (Å²) in [6, 6.07) is 7.89. The van der Waals surface area contributed by atoms with Crippen molar-refractivity contribution in [2.75, 3.05) is 13.1 Å². The van der Waals surface area contributed by atoms with Gasteiger partial charge in [-0.1, -0.05) is 18.2 Å². The van der Waals surface area contributed by atoms with Gasteiger partial charge in [0.05, 0.1) is 0 Å². The SMILES string of the molecule is Cn1ccnc1CCN1CCc2ccccc2C1=O. The zero-order valence-corrected chi connectivity index (χ0v) is 11.0. The number of fused-ring (bicyclic) bond motifs is 1. The summed E-state index contributed by atoms with van der Waals surface area (Å²) in [7, 11) is 1.98. The van der Waals surface area contributed by atoms with Crippen molar-refractivity contribution in [3.63, 3.8) is 0 Å². The topological polar surface area (TPSA) is 38.1 Å². The minimum atomic E-state index is 0.149. The Morgan fingerprint density at radius 1 is 1.32 bits per heavy atom. The van der Waals surface area contributed by atoms with Gasteiger partial charge in [0.15, 0.2) is 0 Å². The largest absolute Gasteiger partial charge is 0.338 e. The Kier molecular flexibility index (Phi) is 3.07. The van der Waals surface area contributed by atoms with Gasteiger partial charge in [-0.2, -0.15) is 0 Å². The van der Waals surface area contributed by atoms with Crippen molar-refractivity contribution in [2.45, 2.75) is 12.8 Å². The molecular formula is C15H17N3O. The quantitative estimate of drug-likeness (QED) is 0.836. The minimum Gasteiger partial charge on any atom is -0.338 e. The second-order valence-corrected chi connectivity index (χ2v) is 4.90. The molecule has 0 atom stereocenters. The zero-order chi connectivity index (χ0) is 13.2. The monoisotopic (exact) mass is 255 g/mol. The van der Waals surface area contributed by atoms with Gasteiger partial charge in [0.1, 0.15) is 5.82 Å². The number of benzene rings is 1. The van der Waals surface area contributed by atoms with Gasteiger partial charge in [-0.15, -0.1) is 0 Å². The highest BCUT2D eigenvalue weighted by Gasteiger charge is 2.23. The highest BCUT2D eigenvalue weighted by atomic mass is 16.2. The lowest BCUT2D eigenvalue weighted by Crippen LogP contribution is -2.39. The molecule has 2 aromatic rings. The predicted octanol–water partition coefficient (Wildman–Crippen LogP) is 1.66. The number of hydrogen-bond donors (Lipinski definition) is 0. The lowest BCUT2D eigenvalue weighted by atomic mass is 9.99. The first-order valence-electron chi connectivity index (χ1n) is 6.59. The molecule has 1 aliphatic heterocycles. The van der Waals surface area contributed by atoms with Crippen LogP contribution in [0.1, 0.15) is 21.7 Å². The van der Waals surface area contributed by atoms with Crippen LogP contribution in [-0.2, 0) is 19.9 Å². The lowest BCUT2D eigenvalue weighted by molar-refractivity contribution is 0.0740. The Morgan fingerprint density at radius 2 is 2.16 bits per heavy atom. The van der Waals surface area contributed by atoms with Crippen LogP contribution in [0.25, 0.3) is 0 Å². The van der Waals surface area contributed by atoms with E-state index in [0.29, 0.717) is 0 Å². The summed E-state index contributed by atoms with van der Waals surface area (Å²) in [5, 5.41) is 0. The number of hydrogen-bond acceptors (Lipinski definition) is 2. The van der Waals surface area contributed by atoms with Gasteiger partial charge in [-0.05, 0) is 18.1 Å². The van der Waals surface area contributed by atoms with Crippen LogP contribution in [0.5, 0.6) is 0 Å². The molecule has 1 amide bonds. The van der Waals surface area contributed by atoms with Crippen LogP contribution in [0.2, 0.25) is 0 Å². The molecule has 0 spiro atoms. The Bertz CT molecular complexity index is 603. The molecule has 98 valence electrons. The number of rotatable bonds is 3. The highest BCUT2D eigenvalue weighted by molar-refractivity contribution is 5.96. The maximum atomic E-state index is 12.4. The van der Waals surface area contributed by atoms with Gasteiger partial charge < -0.3 is 9.47 Å². The molecule has 19 heavy (non-hydrogen) atoms. The van der Waals surface area contributed by atoms with E-state index >= 15 is 0 Å². The molecular weight excluding hydrogens is 238 g/mol. The normalized spacial score (nSPS) is 14.6. The molecule has 2 heterocycles. The van der Waals surface area contributed by atoms with Crippen LogP contribution in [-0.4, -0.2) is 33.4 Å². The van der Waals surface area contributed by atoms with Crippen molar-refractivity contribution in [3.8, 4) is 0 Å². The Labute approximate surface area is 112 Å². The maximum absolute atomic E-state index is 12.4. The third-order valence-electron chi connectivity index (χ3n) is 3.71. The van der Waals surface area contributed by atoms with E-state index in [2.05, 4.69) is 4.98 Å². The molecule has 0 bridgehead atoms. The van der Waals surface area contributed by atoms with Gasteiger partial charge in [-0.3, -0.25) is 4.79 Å². The maximum Gasteiger partial charge on any atom is 0.254 e. The molecule has 0 saturated carbocycles. The zero-order valence-electron chi connectivity index (χ0n) is 11.0. The number of carbonyl (C=O) groups excluding carboxylic acids is 1. The molecule has 0 radical (unpaired) electrons. The Hall–Kier alpha value is -2.10. The van der Waals surface area contributed by atoms with E-state index in [1.807, 2.05) is 47.0 Å². The van der Waals surface area contributed by atoms with Crippen LogP contribution in [0.4, 0.5) is 0 Å². The van der Waals surface area contributed by atoms with Crippen LogP contribution in [0, 0.1) is 0 Å². The van der Waals surface area contributed by atoms with Crippen LogP contribution in [0.15, 0.2) is 36.7 Å². The van der Waals surface area contributed by atoms with Crippen molar-refractivity contribution in [2.24, 2.45) is 7.05 Å². The van der Waals surface area contributed by atoms with Crippen LogP contribution < -0.4 is 0 Å². The number of carbonyl (C=O) groups is 1. The van der Waals surface area contributed by atoms with Gasteiger partial charge >= 0.3 is 0 Å². The molecule has 0 unspecified atom stereocenters. The van der Waals surface area contributed by atoms with E-state index in [1.54, 1.807) is 6.20 Å². The Balaban J connectivity index is 1.71. The molecule has 1 aromatic heterocycles. The van der Waals surface area contributed by atoms with Crippen LogP contribution in [0.3, 0.4) is 0 Å². The van der Waals surface area contributed by atoms with E-state index < -0.39 is 0 Å². The standard InChI is InChI=1S/C15H17N3O/c1-17-11-8-16-14(17)7-10-18-9-6-12-4-2-3-5-13(12)15(18)19/h2-5,8,11H,6-7,9-10H2,1H3. The van der Waals surface area contributed by atoms with Crippen molar-refractivity contribution < 1.29 is 4.79 Å². The second-order valence-electron chi connectivity index (χ2n) is 4.90. The molecule has 0 fully saturated rings. The van der Waals surface area contributed by atoms with Gasteiger partial charge in [0, 0.05) is 44.5 Å². The first kappa shape index (κ1) is 12.0. The van der Waals surface area contributed by atoms with Crippen molar-refractivity contribution >= 4 is 5.91 Å². The minimum absolute atomic E-state index is 0.149. The highest BCUT2D eigenvalue weighted by Crippen LogP contribution is 2.18. The number of aromatic nitrogens is 2. The molecule has 1 aromatic carbocycles. The fourth-order valence-corrected chi connectivity index (χ4v) is 2.56. The van der Waals surface area contributed by atoms with Crippen molar-refractivity contribution in [1.82, 2.24) is 14.5 Å². The third-order valence-corrected chi connectivity index (χ3v) is 3.71. The molecule has 0 N–H and O–H groups in total. The average molecular weight is 255 g/mol. The van der Waals surface area contributed by atoms with Gasteiger partial charge in [-0.25, -0.2) is 4.98 Å². The second kappa shape index (κ2) is 4.88. The molecule has 3 rings (SSSR count). The predicted molar refractivity (Wildman–Crippen MR) is 73.0 cm³/mol. The number of aryl methyl sites for hydroxylation is 1. The molecule has 0 aliphatic carbocycles. The summed E-state index contributed by atoms with van der Waals surface area (Å²) in [6.45, 7) is 1.54. The van der Waals surface area contributed by atoms with Gasteiger partial charge in [0.2, 0.25) is 0 Å².